The summed E-state index contributed by atoms with van der Waals surface area (Å²) in [7, 11) is -1.90. The minimum absolute atomic E-state index is 0.209. The quantitative estimate of drug-likeness (QED) is 0.765. The lowest BCUT2D eigenvalue weighted by molar-refractivity contribution is 0.471. The fraction of sp³-hybridized carbons (Fsp3) is 0.308. The van der Waals surface area contributed by atoms with Crippen molar-refractivity contribution >= 4 is 33.0 Å². The summed E-state index contributed by atoms with van der Waals surface area (Å²) in [5, 5.41) is 1.75. The van der Waals surface area contributed by atoms with Crippen molar-refractivity contribution in [2.45, 2.75) is 17.2 Å². The lowest BCUT2D eigenvalue weighted by Crippen LogP contribution is -2.29. The Kier molecular flexibility index (Phi) is 5.15. The topological polar surface area (TPSA) is 50.3 Å². The van der Waals surface area contributed by atoms with Crippen LogP contribution in [0.2, 0.25) is 0 Å². The maximum atomic E-state index is 12.4. The number of nitrogens with zero attached hydrogens (tertiary/aromatic N) is 2. The highest BCUT2D eigenvalue weighted by atomic mass is 35.5. The number of sulfonamides is 1. The second kappa shape index (κ2) is 6.67. The van der Waals surface area contributed by atoms with Gasteiger partial charge in [-0.3, -0.25) is 4.98 Å². The summed E-state index contributed by atoms with van der Waals surface area (Å²) in [4.78, 5) is 5.17. The van der Waals surface area contributed by atoms with Crippen LogP contribution in [0.25, 0.3) is 0 Å². The summed E-state index contributed by atoms with van der Waals surface area (Å²) in [6.07, 6.45) is 2.28. The molecule has 0 aliphatic rings. The van der Waals surface area contributed by atoms with E-state index in [2.05, 4.69) is 4.98 Å². The summed E-state index contributed by atoms with van der Waals surface area (Å²) in [6.45, 7) is 0.386. The van der Waals surface area contributed by atoms with Crippen molar-refractivity contribution in [2.75, 3.05) is 13.6 Å². The van der Waals surface area contributed by atoms with Crippen LogP contribution in [0.4, 0.5) is 0 Å². The monoisotopic (exact) mass is 330 g/mol. The number of aromatic nitrogens is 1. The molecule has 0 aliphatic carbocycles. The Bertz CT molecular complexity index is 656. The molecule has 108 valence electrons. The third-order valence-corrected chi connectivity index (χ3v) is 6.34. The van der Waals surface area contributed by atoms with Gasteiger partial charge in [-0.05, 0) is 23.6 Å². The highest BCUT2D eigenvalue weighted by molar-refractivity contribution is 7.89. The van der Waals surface area contributed by atoms with Gasteiger partial charge in [-0.1, -0.05) is 6.07 Å². The molecular weight excluding hydrogens is 316 g/mol. The molecule has 2 heterocycles. The number of alkyl halides is 1. The number of hydrogen-bond donors (Lipinski definition) is 0. The van der Waals surface area contributed by atoms with E-state index in [0.717, 1.165) is 5.69 Å². The van der Waals surface area contributed by atoms with E-state index in [1.807, 2.05) is 18.2 Å². The molecule has 0 unspecified atom stereocenters. The Morgan fingerprint density at radius 1 is 1.35 bits per heavy atom. The smallest absolute Gasteiger partial charge is 0.243 e. The Morgan fingerprint density at radius 3 is 2.80 bits per heavy atom. The van der Waals surface area contributed by atoms with Crippen LogP contribution < -0.4 is 0 Å². The van der Waals surface area contributed by atoms with Crippen LogP contribution in [-0.4, -0.2) is 31.3 Å². The van der Waals surface area contributed by atoms with E-state index < -0.39 is 10.0 Å². The fourth-order valence-electron chi connectivity index (χ4n) is 1.76. The molecule has 0 aliphatic heterocycles. The molecule has 20 heavy (non-hydrogen) atoms. The van der Waals surface area contributed by atoms with Gasteiger partial charge in [0.15, 0.2) is 0 Å². The van der Waals surface area contributed by atoms with Crippen molar-refractivity contribution in [1.82, 2.24) is 9.29 Å². The van der Waals surface area contributed by atoms with Gasteiger partial charge in [0.2, 0.25) is 10.0 Å². The number of likely N-dealkylation sites (N-methyl/N-ethyl adjacent to an activating group) is 1. The molecule has 0 atom stereocenters. The normalized spacial score (nSPS) is 11.9. The minimum atomic E-state index is -3.48. The molecule has 0 saturated carbocycles. The number of hydrogen-bond acceptors (Lipinski definition) is 4. The van der Waals surface area contributed by atoms with Gasteiger partial charge in [-0.15, -0.1) is 22.9 Å². The average molecular weight is 331 g/mol. The molecule has 0 amide bonds. The van der Waals surface area contributed by atoms with Crippen LogP contribution in [0.15, 0.2) is 40.7 Å². The van der Waals surface area contributed by atoms with Crippen molar-refractivity contribution in [3.63, 3.8) is 0 Å². The summed E-state index contributed by atoms with van der Waals surface area (Å²) in [6, 6.07) is 7.22. The van der Waals surface area contributed by atoms with Crippen molar-refractivity contribution in [3.05, 3.63) is 46.4 Å². The van der Waals surface area contributed by atoms with E-state index in [-0.39, 0.29) is 5.88 Å². The Morgan fingerprint density at radius 2 is 2.15 bits per heavy atom. The molecule has 4 nitrogen and oxygen atoms in total. The van der Waals surface area contributed by atoms with E-state index in [1.54, 1.807) is 24.7 Å². The van der Waals surface area contributed by atoms with Gasteiger partial charge >= 0.3 is 0 Å². The summed E-state index contributed by atoms with van der Waals surface area (Å²) in [5.74, 6) is 0.209. The highest BCUT2D eigenvalue weighted by Gasteiger charge is 2.24. The molecule has 0 spiro atoms. The predicted octanol–water partition coefficient (Wildman–Crippen LogP) is 2.75. The second-order valence-electron chi connectivity index (χ2n) is 4.24. The lowest BCUT2D eigenvalue weighted by Gasteiger charge is -2.17. The first kappa shape index (κ1) is 15.4. The maximum Gasteiger partial charge on any atom is 0.243 e. The third-order valence-electron chi connectivity index (χ3n) is 2.92. The largest absolute Gasteiger partial charge is 0.261 e. The van der Waals surface area contributed by atoms with Crippen molar-refractivity contribution in [3.8, 4) is 0 Å². The highest BCUT2D eigenvalue weighted by Crippen LogP contribution is 2.26. The Hall–Kier alpha value is -0.950. The minimum Gasteiger partial charge on any atom is -0.261 e. The summed E-state index contributed by atoms with van der Waals surface area (Å²) >= 11 is 7.13. The van der Waals surface area contributed by atoms with Crippen LogP contribution >= 0.6 is 22.9 Å². The molecule has 2 rings (SSSR count). The maximum absolute atomic E-state index is 12.4. The molecule has 0 N–H and O–H groups in total. The van der Waals surface area contributed by atoms with Crippen LogP contribution in [0.1, 0.15) is 10.6 Å². The molecular formula is C13H15ClN2O2S2. The zero-order valence-electron chi connectivity index (χ0n) is 11.0. The van der Waals surface area contributed by atoms with Gasteiger partial charge in [0.05, 0.1) is 10.8 Å². The van der Waals surface area contributed by atoms with Crippen LogP contribution in [0, 0.1) is 0 Å². The van der Waals surface area contributed by atoms with Gasteiger partial charge in [-0.25, -0.2) is 12.7 Å². The summed E-state index contributed by atoms with van der Waals surface area (Å²) < 4.78 is 26.2. The van der Waals surface area contributed by atoms with Gasteiger partial charge < -0.3 is 0 Å². The number of halogens is 1. The first-order chi connectivity index (χ1) is 9.55. The molecule has 2 aromatic heterocycles. The Labute approximate surface area is 128 Å². The first-order valence-corrected chi connectivity index (χ1v) is 8.89. The molecule has 0 saturated heterocycles. The van der Waals surface area contributed by atoms with E-state index in [1.165, 1.54) is 15.6 Å². The van der Waals surface area contributed by atoms with Crippen molar-refractivity contribution in [1.29, 1.82) is 0 Å². The molecule has 7 heteroatoms. The summed E-state index contributed by atoms with van der Waals surface area (Å²) in [5.41, 5.74) is 0.873. The lowest BCUT2D eigenvalue weighted by atomic mass is 10.3. The fourth-order valence-corrected chi connectivity index (χ4v) is 4.60. The van der Waals surface area contributed by atoms with E-state index in [9.17, 15) is 8.42 Å². The van der Waals surface area contributed by atoms with E-state index in [0.29, 0.717) is 22.7 Å². The number of rotatable bonds is 6. The molecule has 2 aromatic rings. The van der Waals surface area contributed by atoms with Gasteiger partial charge in [-0.2, -0.15) is 0 Å². The van der Waals surface area contributed by atoms with Gasteiger partial charge in [0, 0.05) is 36.8 Å². The van der Waals surface area contributed by atoms with Crippen LogP contribution in [0.3, 0.4) is 0 Å². The third kappa shape index (κ3) is 3.38. The SMILES string of the molecule is CN(CCc1ccccn1)S(=O)(=O)c1ccsc1CCl. The molecule has 0 radical (unpaired) electrons. The average Bonchev–Trinajstić information content (AvgIpc) is 2.95. The van der Waals surface area contributed by atoms with E-state index in [4.69, 9.17) is 11.6 Å². The van der Waals surface area contributed by atoms with Crippen molar-refractivity contribution < 1.29 is 8.42 Å². The van der Waals surface area contributed by atoms with Crippen LogP contribution in [-0.2, 0) is 22.3 Å². The van der Waals surface area contributed by atoms with Gasteiger partial charge in [0.25, 0.3) is 0 Å². The first-order valence-electron chi connectivity index (χ1n) is 6.04. The Balaban J connectivity index is 2.10. The zero-order valence-corrected chi connectivity index (χ0v) is 13.4. The molecule has 0 aromatic carbocycles. The van der Waals surface area contributed by atoms with Crippen molar-refractivity contribution in [2.24, 2.45) is 0 Å². The molecule has 0 bridgehead atoms. The number of thiophene rings is 1. The standard InChI is InChI=1S/C13H15ClN2O2S2/c1-16(8-5-11-4-2-3-7-15-11)20(17,18)13-6-9-19-12(13)10-14/h2-4,6-7,9H,5,8,10H2,1H3. The van der Waals surface area contributed by atoms with Crippen LogP contribution in [0.5, 0.6) is 0 Å². The van der Waals surface area contributed by atoms with Gasteiger partial charge in [0.1, 0.15) is 0 Å². The molecule has 0 fully saturated rings. The second-order valence-corrected chi connectivity index (χ2v) is 7.52. The predicted molar refractivity (Wildman–Crippen MR) is 81.6 cm³/mol. The zero-order chi connectivity index (χ0) is 14.6. The number of pyridine rings is 1. The van der Waals surface area contributed by atoms with E-state index >= 15 is 0 Å².